The summed E-state index contributed by atoms with van der Waals surface area (Å²) in [6.45, 7) is 0. The third-order valence-electron chi connectivity index (χ3n) is 2.57. The molecule has 2 aromatic rings. The number of rotatable bonds is 3. The number of nitrogens with one attached hydrogen (secondary N) is 1. The standard InChI is InChI=1S/C14H9F2N3O/c15-10-5-4-9(7-11(10)16)14(20)19-13(8-17)12-3-1-2-6-18-12/h1-7,13H,(H,19,20). The molecule has 1 atom stereocenters. The van der Waals surface area contributed by atoms with Gasteiger partial charge in [-0.3, -0.25) is 9.78 Å². The van der Waals surface area contributed by atoms with Gasteiger partial charge in [-0.2, -0.15) is 5.26 Å². The van der Waals surface area contributed by atoms with Crippen LogP contribution in [0.5, 0.6) is 0 Å². The number of hydrogen-bond donors (Lipinski definition) is 1. The topological polar surface area (TPSA) is 65.8 Å². The Labute approximate surface area is 113 Å². The van der Waals surface area contributed by atoms with E-state index in [9.17, 15) is 13.6 Å². The number of carbonyl (C=O) groups is 1. The minimum absolute atomic E-state index is 0.0694. The molecule has 1 aromatic heterocycles. The average molecular weight is 273 g/mol. The van der Waals surface area contributed by atoms with E-state index in [1.165, 1.54) is 6.20 Å². The first-order valence-electron chi connectivity index (χ1n) is 5.68. The molecule has 0 saturated carbocycles. The molecule has 0 radical (unpaired) electrons. The number of nitrogens with zero attached hydrogens (tertiary/aromatic N) is 2. The smallest absolute Gasteiger partial charge is 0.252 e. The van der Waals surface area contributed by atoms with Crippen molar-refractivity contribution in [2.45, 2.75) is 6.04 Å². The molecule has 0 spiro atoms. The van der Waals surface area contributed by atoms with Crippen molar-refractivity contribution in [2.24, 2.45) is 0 Å². The van der Waals surface area contributed by atoms with Gasteiger partial charge >= 0.3 is 0 Å². The quantitative estimate of drug-likeness (QED) is 0.933. The van der Waals surface area contributed by atoms with Gasteiger partial charge in [0.1, 0.15) is 0 Å². The summed E-state index contributed by atoms with van der Waals surface area (Å²) in [5.41, 5.74) is 0.297. The monoisotopic (exact) mass is 273 g/mol. The Kier molecular flexibility index (Phi) is 4.01. The van der Waals surface area contributed by atoms with Crippen LogP contribution in [0.15, 0.2) is 42.6 Å². The van der Waals surface area contributed by atoms with E-state index in [-0.39, 0.29) is 5.56 Å². The number of carbonyl (C=O) groups excluding carboxylic acids is 1. The van der Waals surface area contributed by atoms with E-state index >= 15 is 0 Å². The van der Waals surface area contributed by atoms with Gasteiger partial charge in [0.2, 0.25) is 0 Å². The zero-order valence-electron chi connectivity index (χ0n) is 10.2. The molecule has 0 aliphatic carbocycles. The van der Waals surface area contributed by atoms with Gasteiger partial charge in [-0.05, 0) is 30.3 Å². The van der Waals surface area contributed by atoms with Gasteiger partial charge in [0.05, 0.1) is 11.8 Å². The number of aromatic nitrogens is 1. The SMILES string of the molecule is N#CC(NC(=O)c1ccc(F)c(F)c1)c1ccccn1. The Morgan fingerprint density at radius 3 is 2.65 bits per heavy atom. The first-order chi connectivity index (χ1) is 9.61. The Bertz CT molecular complexity index is 668. The molecule has 1 unspecified atom stereocenters. The Morgan fingerprint density at radius 2 is 2.05 bits per heavy atom. The third-order valence-corrected chi connectivity index (χ3v) is 2.57. The van der Waals surface area contributed by atoms with Crippen LogP contribution in [0.1, 0.15) is 22.1 Å². The molecule has 1 heterocycles. The van der Waals surface area contributed by atoms with Crippen LogP contribution in [0.4, 0.5) is 8.78 Å². The summed E-state index contributed by atoms with van der Waals surface area (Å²) in [4.78, 5) is 15.8. The fourth-order valence-corrected chi connectivity index (χ4v) is 1.57. The van der Waals surface area contributed by atoms with Gasteiger partial charge in [0.25, 0.3) is 5.91 Å². The first-order valence-corrected chi connectivity index (χ1v) is 5.68. The van der Waals surface area contributed by atoms with E-state index in [0.29, 0.717) is 5.69 Å². The second kappa shape index (κ2) is 5.89. The van der Waals surface area contributed by atoms with Crippen molar-refractivity contribution in [3.63, 3.8) is 0 Å². The van der Waals surface area contributed by atoms with Crippen LogP contribution < -0.4 is 5.32 Å². The molecule has 100 valence electrons. The summed E-state index contributed by atoms with van der Waals surface area (Å²) < 4.78 is 25.8. The molecule has 1 N–H and O–H groups in total. The molecule has 4 nitrogen and oxygen atoms in total. The number of benzene rings is 1. The molecule has 0 fully saturated rings. The Balaban J connectivity index is 2.18. The molecular formula is C14H9F2N3O. The lowest BCUT2D eigenvalue weighted by atomic mass is 10.1. The van der Waals surface area contributed by atoms with Gasteiger partial charge in [0, 0.05) is 11.8 Å². The summed E-state index contributed by atoms with van der Waals surface area (Å²) in [5, 5.41) is 11.4. The van der Waals surface area contributed by atoms with Crippen molar-refractivity contribution in [2.75, 3.05) is 0 Å². The average Bonchev–Trinajstić information content (AvgIpc) is 2.48. The summed E-state index contributed by atoms with van der Waals surface area (Å²) >= 11 is 0. The summed E-state index contributed by atoms with van der Waals surface area (Å²) in [6.07, 6.45) is 1.49. The fourth-order valence-electron chi connectivity index (χ4n) is 1.57. The van der Waals surface area contributed by atoms with Crippen LogP contribution in [0, 0.1) is 23.0 Å². The molecule has 6 heteroatoms. The van der Waals surface area contributed by atoms with Crippen molar-refractivity contribution in [3.05, 3.63) is 65.5 Å². The van der Waals surface area contributed by atoms with Crippen molar-refractivity contribution in [3.8, 4) is 6.07 Å². The summed E-state index contributed by atoms with van der Waals surface area (Å²) in [6, 6.07) is 8.63. The highest BCUT2D eigenvalue weighted by atomic mass is 19.2. The number of pyridine rings is 1. The lowest BCUT2D eigenvalue weighted by molar-refractivity contribution is 0.0944. The number of halogens is 2. The molecule has 20 heavy (non-hydrogen) atoms. The van der Waals surface area contributed by atoms with Gasteiger partial charge in [0.15, 0.2) is 17.7 Å². The molecular weight excluding hydrogens is 264 g/mol. The summed E-state index contributed by atoms with van der Waals surface area (Å²) in [7, 11) is 0. The van der Waals surface area contributed by atoms with Gasteiger partial charge in [-0.1, -0.05) is 6.07 Å². The highest BCUT2D eigenvalue weighted by molar-refractivity contribution is 5.94. The van der Waals surface area contributed by atoms with Crippen LogP contribution in [-0.4, -0.2) is 10.9 Å². The van der Waals surface area contributed by atoms with E-state index in [4.69, 9.17) is 5.26 Å². The lowest BCUT2D eigenvalue weighted by Crippen LogP contribution is -2.28. The van der Waals surface area contributed by atoms with Crippen LogP contribution in [0.3, 0.4) is 0 Å². The normalized spacial score (nSPS) is 11.4. The molecule has 0 aliphatic rings. The Hall–Kier alpha value is -2.81. The van der Waals surface area contributed by atoms with Gasteiger partial charge < -0.3 is 5.32 Å². The molecule has 1 amide bonds. The highest BCUT2D eigenvalue weighted by Crippen LogP contribution is 2.12. The van der Waals surface area contributed by atoms with Crippen molar-refractivity contribution in [1.29, 1.82) is 5.26 Å². The van der Waals surface area contributed by atoms with E-state index in [2.05, 4.69) is 10.3 Å². The maximum Gasteiger partial charge on any atom is 0.252 e. The van der Waals surface area contributed by atoms with Crippen LogP contribution in [-0.2, 0) is 0 Å². The van der Waals surface area contributed by atoms with E-state index in [1.807, 2.05) is 6.07 Å². The lowest BCUT2D eigenvalue weighted by Gasteiger charge is -2.11. The van der Waals surface area contributed by atoms with Crippen LogP contribution in [0.2, 0.25) is 0 Å². The predicted octanol–water partition coefficient (Wildman–Crippen LogP) is 2.35. The van der Waals surface area contributed by atoms with E-state index < -0.39 is 23.6 Å². The molecule has 0 saturated heterocycles. The Morgan fingerprint density at radius 1 is 1.25 bits per heavy atom. The molecule has 0 aliphatic heterocycles. The fraction of sp³-hybridized carbons (Fsp3) is 0.0714. The minimum atomic E-state index is -1.12. The zero-order chi connectivity index (χ0) is 14.5. The van der Waals surface area contributed by atoms with Crippen molar-refractivity contribution < 1.29 is 13.6 Å². The minimum Gasteiger partial charge on any atom is -0.331 e. The van der Waals surface area contributed by atoms with E-state index in [1.54, 1.807) is 18.2 Å². The van der Waals surface area contributed by atoms with Crippen LogP contribution in [0.25, 0.3) is 0 Å². The first kappa shape index (κ1) is 13.6. The maximum atomic E-state index is 13.0. The third kappa shape index (κ3) is 2.95. The van der Waals surface area contributed by atoms with Gasteiger partial charge in [-0.15, -0.1) is 0 Å². The number of amides is 1. The summed E-state index contributed by atoms with van der Waals surface area (Å²) in [5.74, 6) is -2.84. The second-order valence-corrected chi connectivity index (χ2v) is 3.92. The van der Waals surface area contributed by atoms with Crippen LogP contribution >= 0.6 is 0 Å². The molecule has 1 aromatic carbocycles. The zero-order valence-corrected chi connectivity index (χ0v) is 10.2. The number of hydrogen-bond acceptors (Lipinski definition) is 3. The highest BCUT2D eigenvalue weighted by Gasteiger charge is 2.17. The molecule has 2 rings (SSSR count). The second-order valence-electron chi connectivity index (χ2n) is 3.92. The maximum absolute atomic E-state index is 13.0. The van der Waals surface area contributed by atoms with Gasteiger partial charge in [-0.25, -0.2) is 8.78 Å². The van der Waals surface area contributed by atoms with Crippen molar-refractivity contribution in [1.82, 2.24) is 10.3 Å². The predicted molar refractivity (Wildman–Crippen MR) is 66.4 cm³/mol. The molecule has 0 bridgehead atoms. The largest absolute Gasteiger partial charge is 0.331 e. The number of nitriles is 1. The van der Waals surface area contributed by atoms with E-state index in [0.717, 1.165) is 18.2 Å². The van der Waals surface area contributed by atoms with Crippen molar-refractivity contribution >= 4 is 5.91 Å².